The van der Waals surface area contributed by atoms with Gasteiger partial charge < -0.3 is 41.1 Å². The number of amides is 4. The topological polar surface area (TPSA) is 193 Å². The number of rotatable bonds is 20. The van der Waals surface area contributed by atoms with E-state index in [-0.39, 0.29) is 47.0 Å². The third-order valence-corrected chi connectivity index (χ3v) is 16.9. The van der Waals surface area contributed by atoms with Gasteiger partial charge in [0.2, 0.25) is 23.6 Å². The SMILES string of the molecule is Cc1ncsc1-c1ccc(CNC(=O)[C@@H]2CCCN2C(=O)C(NC(=O)CCCCCCCCC(=O)N2CCN(Cc3cccc(N4C5CCC4CN(c4cc(-c6cc(F)ccc6O)nnc4N)C5)c3)CC2)C(C)(C)C)cc1. The number of unbranched alkanes of at least 4 members (excludes halogenated alkanes) is 5. The number of aryl methyl sites for hydroxylation is 1. The molecule has 4 atom stereocenters. The van der Waals surface area contributed by atoms with Crippen molar-refractivity contribution in [3.63, 3.8) is 0 Å². The van der Waals surface area contributed by atoms with Crippen LogP contribution < -0.4 is 26.2 Å². The van der Waals surface area contributed by atoms with Gasteiger partial charge in [-0.15, -0.1) is 21.5 Å². The Morgan fingerprint density at radius 2 is 1.55 bits per heavy atom. The molecule has 4 saturated heterocycles. The lowest BCUT2D eigenvalue weighted by Gasteiger charge is -2.43. The number of piperazine rings is 2. The number of nitrogens with zero attached hydrogens (tertiary/aromatic N) is 8. The van der Waals surface area contributed by atoms with Crippen molar-refractivity contribution < 1.29 is 28.7 Å². The molecule has 5 N–H and O–H groups in total. The Kier molecular flexibility index (Phi) is 17.7. The molecule has 0 radical (unpaired) electrons. The van der Waals surface area contributed by atoms with Crippen molar-refractivity contribution >= 4 is 52.2 Å². The minimum absolute atomic E-state index is 0.0660. The van der Waals surface area contributed by atoms with Gasteiger partial charge in [-0.1, -0.05) is 82.9 Å². The standard InChI is InChI=1S/C59H76FN11O5S/c1-39-54(77-38-63-39)42-20-18-40(19-21-42)34-62-57(75)49-15-12-26-70(49)58(76)55(59(2,3)4)64-52(73)16-9-7-5-6-8-10-17-53(74)68-29-27-67(28-30-68)35-41-13-11-14-44(31-41)71-45-23-24-46(71)37-69(36-45)50-33-48(65-66-56(50)61)47-32-43(60)22-25-51(47)72/h11,13-14,18-22,25,31-33,38,45-46,49,55,72H,5-10,12,15-17,23-24,26-30,34-37H2,1-4H3,(H2,61,66)(H,62,75)(H,64,73)/t45?,46?,49-,55?/m0/s1. The molecule has 0 aliphatic carbocycles. The number of aromatic hydroxyl groups is 1. The van der Waals surface area contributed by atoms with Crippen LogP contribution in [-0.2, 0) is 32.3 Å². The number of carbonyl (C=O) groups excluding carboxylic acids is 4. The van der Waals surface area contributed by atoms with Crippen molar-refractivity contribution in [3.8, 4) is 27.4 Å². The van der Waals surface area contributed by atoms with E-state index in [1.54, 1.807) is 22.3 Å². The first-order valence-corrected chi connectivity index (χ1v) is 28.6. The Bertz CT molecular complexity index is 2850. The maximum absolute atomic E-state index is 14.1. The molecular weight excluding hydrogens is 994 g/mol. The van der Waals surface area contributed by atoms with Gasteiger partial charge in [0, 0.05) is 95.1 Å². The average molecular weight is 1070 g/mol. The highest BCUT2D eigenvalue weighted by atomic mass is 32.1. The zero-order valence-electron chi connectivity index (χ0n) is 45.2. The van der Waals surface area contributed by atoms with Crippen molar-refractivity contribution in [3.05, 3.63) is 101 Å². The van der Waals surface area contributed by atoms with Gasteiger partial charge >= 0.3 is 0 Å². The molecule has 2 bridgehead atoms. The number of halogens is 1. The maximum atomic E-state index is 14.1. The van der Waals surface area contributed by atoms with Crippen molar-refractivity contribution in [2.45, 2.75) is 142 Å². The summed E-state index contributed by atoms with van der Waals surface area (Å²) in [5, 5.41) is 24.9. The number of aromatic nitrogens is 3. The molecule has 0 saturated carbocycles. The third kappa shape index (κ3) is 13.5. The number of hydrogen-bond donors (Lipinski definition) is 4. The van der Waals surface area contributed by atoms with Crippen molar-refractivity contribution in [2.24, 2.45) is 5.41 Å². The number of carbonyl (C=O) groups is 4. The van der Waals surface area contributed by atoms with Crippen LogP contribution in [0.5, 0.6) is 5.75 Å². The van der Waals surface area contributed by atoms with E-state index in [0.29, 0.717) is 43.9 Å². The molecule has 3 unspecified atom stereocenters. The van der Waals surface area contributed by atoms with Crippen LogP contribution in [0.4, 0.5) is 21.6 Å². The van der Waals surface area contributed by atoms with Crippen LogP contribution in [0.2, 0.25) is 0 Å². The van der Waals surface area contributed by atoms with Gasteiger partial charge in [-0.25, -0.2) is 9.37 Å². The minimum Gasteiger partial charge on any atom is -0.507 e. The lowest BCUT2D eigenvalue weighted by Crippen LogP contribution is -2.57. The zero-order valence-corrected chi connectivity index (χ0v) is 46.0. The molecule has 2 aromatic heterocycles. The summed E-state index contributed by atoms with van der Waals surface area (Å²) in [5.74, 6) is -0.538. The number of benzene rings is 3. The van der Waals surface area contributed by atoms with Crippen LogP contribution in [-0.4, -0.2) is 129 Å². The van der Waals surface area contributed by atoms with Gasteiger partial charge in [-0.05, 0) is 104 Å². The molecule has 0 spiro atoms. The summed E-state index contributed by atoms with van der Waals surface area (Å²) in [6, 6.07) is 21.8. The second-order valence-electron chi connectivity index (χ2n) is 22.5. The van der Waals surface area contributed by atoms with Crippen LogP contribution in [0.3, 0.4) is 0 Å². The van der Waals surface area contributed by atoms with Crippen LogP contribution >= 0.6 is 11.3 Å². The van der Waals surface area contributed by atoms with Crippen LogP contribution in [0.25, 0.3) is 21.7 Å². The van der Waals surface area contributed by atoms with E-state index in [1.807, 2.05) is 62.4 Å². The fraction of sp³-hybridized carbons (Fsp3) is 0.508. The highest BCUT2D eigenvalue weighted by Gasteiger charge is 2.43. The molecule has 16 nitrogen and oxygen atoms in total. The molecule has 4 aliphatic rings. The summed E-state index contributed by atoms with van der Waals surface area (Å²) in [6.07, 6.45) is 9.72. The van der Waals surface area contributed by atoms with E-state index in [0.717, 1.165) is 131 Å². The predicted molar refractivity (Wildman–Crippen MR) is 300 cm³/mol. The summed E-state index contributed by atoms with van der Waals surface area (Å²) in [4.78, 5) is 70.4. The summed E-state index contributed by atoms with van der Waals surface area (Å²) >= 11 is 1.60. The second kappa shape index (κ2) is 24.8. The summed E-state index contributed by atoms with van der Waals surface area (Å²) in [7, 11) is 0. The Morgan fingerprint density at radius 1 is 0.831 bits per heavy atom. The summed E-state index contributed by atoms with van der Waals surface area (Å²) in [6.45, 7) is 14.1. The number of fused-ring (bicyclic) bond motifs is 2. The minimum atomic E-state index is -0.746. The van der Waals surface area contributed by atoms with E-state index >= 15 is 0 Å². The van der Waals surface area contributed by atoms with Crippen molar-refractivity contribution in [1.29, 1.82) is 0 Å². The number of likely N-dealkylation sites (tertiary alicyclic amines) is 1. The zero-order chi connectivity index (χ0) is 54.2. The van der Waals surface area contributed by atoms with Gasteiger partial charge in [0.05, 0.1) is 27.5 Å². The van der Waals surface area contributed by atoms with Gasteiger partial charge in [0.25, 0.3) is 0 Å². The highest BCUT2D eigenvalue weighted by Crippen LogP contribution is 2.40. The molecular formula is C59H76FN11O5S. The number of phenolic OH excluding ortho intramolecular Hbond substituents is 1. The fourth-order valence-electron chi connectivity index (χ4n) is 11.7. The number of phenols is 1. The number of anilines is 3. The molecule has 4 aliphatic heterocycles. The third-order valence-electron chi connectivity index (χ3n) is 15.9. The van der Waals surface area contributed by atoms with Gasteiger partial charge in [-0.2, -0.15) is 0 Å². The smallest absolute Gasteiger partial charge is 0.246 e. The normalized spacial score (nSPS) is 19.2. The van der Waals surface area contributed by atoms with E-state index in [4.69, 9.17) is 5.73 Å². The Hall–Kier alpha value is -6.66. The first-order valence-electron chi connectivity index (χ1n) is 27.7. The van der Waals surface area contributed by atoms with E-state index in [1.165, 1.54) is 29.4 Å². The fourth-order valence-corrected chi connectivity index (χ4v) is 12.5. The molecule has 4 fully saturated rings. The van der Waals surface area contributed by atoms with E-state index in [2.05, 4.69) is 64.8 Å². The highest BCUT2D eigenvalue weighted by molar-refractivity contribution is 7.13. The van der Waals surface area contributed by atoms with Crippen LogP contribution in [0, 0.1) is 18.2 Å². The average Bonchev–Trinajstić information content (AvgIpc) is 4.20. The molecule has 6 heterocycles. The van der Waals surface area contributed by atoms with Gasteiger partial charge in [0.1, 0.15) is 23.7 Å². The Labute approximate surface area is 456 Å². The lowest BCUT2D eigenvalue weighted by molar-refractivity contribution is -0.143. The molecule has 4 amide bonds. The number of nitrogens with two attached hydrogens (primary N) is 1. The van der Waals surface area contributed by atoms with Crippen LogP contribution in [0.1, 0.15) is 115 Å². The summed E-state index contributed by atoms with van der Waals surface area (Å²) < 4.78 is 14.1. The molecule has 410 valence electrons. The van der Waals surface area contributed by atoms with Crippen molar-refractivity contribution in [1.82, 2.24) is 40.5 Å². The largest absolute Gasteiger partial charge is 0.507 e. The van der Waals surface area contributed by atoms with Gasteiger partial charge in [-0.3, -0.25) is 24.1 Å². The number of hydrogen-bond acceptors (Lipinski definition) is 13. The molecule has 3 aromatic carbocycles. The predicted octanol–water partition coefficient (Wildman–Crippen LogP) is 8.46. The monoisotopic (exact) mass is 1070 g/mol. The van der Waals surface area contributed by atoms with Gasteiger partial charge in [0.15, 0.2) is 5.82 Å². The van der Waals surface area contributed by atoms with E-state index in [9.17, 15) is 28.7 Å². The molecule has 77 heavy (non-hydrogen) atoms. The summed E-state index contributed by atoms with van der Waals surface area (Å²) in [5.41, 5.74) is 14.6. The maximum Gasteiger partial charge on any atom is 0.246 e. The Balaban J connectivity index is 0.646. The van der Waals surface area contributed by atoms with E-state index < -0.39 is 23.3 Å². The number of thiazole rings is 1. The number of nitrogens with one attached hydrogen (secondary N) is 2. The molecule has 18 heteroatoms. The first kappa shape index (κ1) is 55.1. The quantitative estimate of drug-likeness (QED) is 0.0545. The van der Waals surface area contributed by atoms with Crippen molar-refractivity contribution in [2.75, 3.05) is 61.3 Å². The second-order valence-corrected chi connectivity index (χ2v) is 23.4. The number of nitrogen functional groups attached to an aromatic ring is 1. The molecule has 5 aromatic rings. The first-order chi connectivity index (χ1) is 37.1. The Morgan fingerprint density at radius 3 is 2.25 bits per heavy atom. The molecule has 9 rings (SSSR count). The lowest BCUT2D eigenvalue weighted by atomic mass is 9.85. The van der Waals surface area contributed by atoms with Crippen LogP contribution in [0.15, 0.2) is 78.3 Å².